The van der Waals surface area contributed by atoms with Crippen molar-refractivity contribution in [3.05, 3.63) is 103 Å². The van der Waals surface area contributed by atoms with E-state index >= 15 is 0 Å². The molecule has 0 radical (unpaired) electrons. The predicted octanol–water partition coefficient (Wildman–Crippen LogP) is 8.26. The molecule has 5 rings (SSSR count). The topological polar surface area (TPSA) is 64.9 Å². The van der Waals surface area contributed by atoms with E-state index in [0.717, 1.165) is 19.8 Å². The van der Waals surface area contributed by atoms with Crippen LogP contribution in [0.5, 0.6) is 0 Å². The van der Waals surface area contributed by atoms with Gasteiger partial charge in [-0.05, 0) is 80.1 Å². The molecule has 5 aromatic rings. The second-order valence-corrected chi connectivity index (χ2v) is 12.2. The van der Waals surface area contributed by atoms with Gasteiger partial charge in [0, 0.05) is 32.2 Å². The number of aromatic nitrogens is 1. The van der Waals surface area contributed by atoms with Crippen LogP contribution in [0.1, 0.15) is 48.4 Å². The molecular weight excluding hydrogens is 606 g/mol. The number of Topliss-reactive ketones (excluding diaryl/α,β-unsaturated/α-hetero) is 1. The van der Waals surface area contributed by atoms with Crippen LogP contribution in [-0.2, 0) is 4.74 Å². The third-order valence-electron chi connectivity index (χ3n) is 6.00. The summed E-state index contributed by atoms with van der Waals surface area (Å²) in [7, 11) is 0. The highest BCUT2D eigenvalue weighted by Gasteiger charge is 2.30. The fraction of sp³-hybridized carbons (Fsp3) is 0.138. The van der Waals surface area contributed by atoms with E-state index in [9.17, 15) is 14.4 Å². The number of halogens is 2. The highest BCUT2D eigenvalue weighted by atomic mass is 79.9. The molecule has 0 aliphatic rings. The van der Waals surface area contributed by atoms with Gasteiger partial charge in [0.05, 0.1) is 38.0 Å². The van der Waals surface area contributed by atoms with Gasteiger partial charge in [0.25, 0.3) is 0 Å². The van der Waals surface area contributed by atoms with Crippen molar-refractivity contribution in [2.45, 2.75) is 18.1 Å². The number of benzene rings is 2. The van der Waals surface area contributed by atoms with Crippen molar-refractivity contribution >= 4 is 84.6 Å². The third-order valence-corrected chi connectivity index (χ3v) is 9.22. The van der Waals surface area contributed by atoms with Crippen LogP contribution >= 0.6 is 50.6 Å². The summed E-state index contributed by atoms with van der Waals surface area (Å²) >= 11 is 12.0. The molecular formula is C29H21BrClNO4S2. The van der Waals surface area contributed by atoms with Crippen molar-refractivity contribution in [1.82, 2.24) is 4.40 Å². The van der Waals surface area contributed by atoms with Gasteiger partial charge in [-0.3, -0.25) is 9.59 Å². The number of rotatable bonds is 8. The number of hydrogen-bond acceptors (Lipinski definition) is 6. The van der Waals surface area contributed by atoms with E-state index in [0.29, 0.717) is 37.5 Å². The lowest BCUT2D eigenvalue weighted by molar-refractivity contribution is 0.0530. The number of thioether (sulfide) groups is 1. The van der Waals surface area contributed by atoms with Gasteiger partial charge in [-0.15, -0.1) is 23.1 Å². The molecule has 0 saturated heterocycles. The summed E-state index contributed by atoms with van der Waals surface area (Å²) in [6, 6.07) is 17.8. The van der Waals surface area contributed by atoms with Gasteiger partial charge >= 0.3 is 5.97 Å². The third kappa shape index (κ3) is 5.06. The molecule has 0 atom stereocenters. The SMILES string of the molecule is CCOC(=O)c1c2c(C(=O)c3ccc(Br)cc3)sc(SCC(=O)c3ccc(Cl)cc3)c2n2ccc(C)cc12. The second kappa shape index (κ2) is 11.1. The Labute approximate surface area is 240 Å². The minimum atomic E-state index is -0.484. The summed E-state index contributed by atoms with van der Waals surface area (Å²) in [6.07, 6.45) is 1.89. The van der Waals surface area contributed by atoms with Crippen LogP contribution in [0.4, 0.5) is 0 Å². The van der Waals surface area contributed by atoms with Crippen LogP contribution in [-0.4, -0.2) is 34.3 Å². The Hall–Kier alpha value is -2.91. The summed E-state index contributed by atoms with van der Waals surface area (Å²) < 4.78 is 8.99. The number of pyridine rings is 1. The molecule has 0 bridgehead atoms. The molecule has 0 amide bonds. The van der Waals surface area contributed by atoms with E-state index in [4.69, 9.17) is 16.3 Å². The first-order valence-electron chi connectivity index (χ1n) is 11.7. The predicted molar refractivity (Wildman–Crippen MR) is 158 cm³/mol. The highest BCUT2D eigenvalue weighted by Crippen LogP contribution is 2.44. The van der Waals surface area contributed by atoms with Crippen LogP contribution in [0.3, 0.4) is 0 Å². The zero-order valence-electron chi connectivity index (χ0n) is 20.4. The molecule has 0 aliphatic carbocycles. The number of carbonyl (C=O) groups excluding carboxylic acids is 3. The smallest absolute Gasteiger partial charge is 0.341 e. The van der Waals surface area contributed by atoms with Gasteiger partial charge in [0.15, 0.2) is 5.78 Å². The zero-order valence-corrected chi connectivity index (χ0v) is 24.4. The average Bonchev–Trinajstić information content (AvgIpc) is 3.43. The van der Waals surface area contributed by atoms with Crippen molar-refractivity contribution in [3.63, 3.8) is 0 Å². The maximum absolute atomic E-state index is 13.8. The van der Waals surface area contributed by atoms with E-state index in [2.05, 4.69) is 15.9 Å². The van der Waals surface area contributed by atoms with Crippen LogP contribution in [0, 0.1) is 6.92 Å². The van der Waals surface area contributed by atoms with Crippen molar-refractivity contribution in [3.8, 4) is 0 Å². The van der Waals surface area contributed by atoms with Gasteiger partial charge in [-0.1, -0.05) is 27.5 Å². The van der Waals surface area contributed by atoms with Crippen LogP contribution in [0.15, 0.2) is 75.5 Å². The molecule has 0 aliphatic heterocycles. The molecule has 0 fully saturated rings. The summed E-state index contributed by atoms with van der Waals surface area (Å²) in [6.45, 7) is 3.91. The molecule has 0 spiro atoms. The molecule has 3 aromatic heterocycles. The number of hydrogen-bond donors (Lipinski definition) is 0. The molecule has 3 heterocycles. The highest BCUT2D eigenvalue weighted by molar-refractivity contribution is 9.10. The Morgan fingerprint density at radius 2 is 1.71 bits per heavy atom. The number of carbonyl (C=O) groups is 3. The Morgan fingerprint density at radius 1 is 1.03 bits per heavy atom. The number of fused-ring (bicyclic) bond motifs is 3. The fourth-order valence-corrected chi connectivity index (χ4v) is 7.04. The second-order valence-electron chi connectivity index (χ2n) is 8.55. The quantitative estimate of drug-likeness (QED) is 0.0986. The number of thiophene rings is 1. The monoisotopic (exact) mass is 625 g/mol. The van der Waals surface area contributed by atoms with Gasteiger partial charge in [-0.2, -0.15) is 0 Å². The van der Waals surface area contributed by atoms with Crippen LogP contribution < -0.4 is 0 Å². The Kier molecular flexibility index (Phi) is 7.77. The first kappa shape index (κ1) is 26.7. The lowest BCUT2D eigenvalue weighted by Gasteiger charge is -2.05. The van der Waals surface area contributed by atoms with Crippen molar-refractivity contribution in [2.75, 3.05) is 12.4 Å². The molecule has 0 N–H and O–H groups in total. The van der Waals surface area contributed by atoms with E-state index in [1.807, 2.05) is 41.8 Å². The number of aryl methyl sites for hydroxylation is 1. The van der Waals surface area contributed by atoms with Gasteiger partial charge in [0.1, 0.15) is 0 Å². The standard InChI is InChI=1S/C29H21BrClNO4S2/c1-3-36-28(35)23-21-14-16(2)12-13-32(21)25-24(23)27(26(34)18-4-8-19(30)9-5-18)38-29(25)37-15-22(33)17-6-10-20(31)11-7-17/h4-14H,3,15H2,1-2H3. The summed E-state index contributed by atoms with van der Waals surface area (Å²) in [5.74, 6) is -0.572. The molecule has 38 heavy (non-hydrogen) atoms. The fourth-order valence-electron chi connectivity index (χ4n) is 4.22. The molecule has 5 nitrogen and oxygen atoms in total. The summed E-state index contributed by atoms with van der Waals surface area (Å²) in [5, 5.41) is 1.11. The minimum absolute atomic E-state index is 0.0590. The zero-order chi connectivity index (χ0) is 27.0. The van der Waals surface area contributed by atoms with E-state index in [-0.39, 0.29) is 23.9 Å². The van der Waals surface area contributed by atoms with Crippen LogP contribution in [0.2, 0.25) is 5.02 Å². The molecule has 9 heteroatoms. The maximum Gasteiger partial charge on any atom is 0.341 e. The number of ether oxygens (including phenoxy) is 1. The molecule has 0 unspecified atom stereocenters. The Balaban J connectivity index is 1.69. The first-order chi connectivity index (χ1) is 18.3. The van der Waals surface area contributed by atoms with E-state index in [1.54, 1.807) is 43.3 Å². The molecule has 0 saturated carbocycles. The van der Waals surface area contributed by atoms with Crippen molar-refractivity contribution < 1.29 is 19.1 Å². The Morgan fingerprint density at radius 3 is 2.39 bits per heavy atom. The lowest BCUT2D eigenvalue weighted by Crippen LogP contribution is -2.06. The Bertz CT molecular complexity index is 1710. The summed E-state index contributed by atoms with van der Waals surface area (Å²) in [4.78, 5) is 40.5. The normalized spacial score (nSPS) is 11.3. The number of nitrogens with zero attached hydrogens (tertiary/aromatic N) is 1. The summed E-state index contributed by atoms with van der Waals surface area (Å²) in [5.41, 5.74) is 3.78. The van der Waals surface area contributed by atoms with E-state index < -0.39 is 5.97 Å². The maximum atomic E-state index is 13.8. The largest absolute Gasteiger partial charge is 0.462 e. The van der Waals surface area contributed by atoms with E-state index in [1.165, 1.54) is 23.1 Å². The van der Waals surface area contributed by atoms with Crippen molar-refractivity contribution in [1.29, 1.82) is 0 Å². The number of ketones is 2. The number of esters is 1. The van der Waals surface area contributed by atoms with Gasteiger partial charge < -0.3 is 9.14 Å². The molecule has 2 aromatic carbocycles. The van der Waals surface area contributed by atoms with Crippen LogP contribution in [0.25, 0.3) is 16.4 Å². The average molecular weight is 627 g/mol. The minimum Gasteiger partial charge on any atom is -0.462 e. The van der Waals surface area contributed by atoms with Crippen molar-refractivity contribution in [2.24, 2.45) is 0 Å². The first-order valence-corrected chi connectivity index (χ1v) is 14.7. The lowest BCUT2D eigenvalue weighted by atomic mass is 10.1. The molecule has 192 valence electrons. The van der Waals surface area contributed by atoms with Gasteiger partial charge in [-0.25, -0.2) is 4.79 Å². The van der Waals surface area contributed by atoms with Gasteiger partial charge in [0.2, 0.25) is 5.78 Å².